The summed E-state index contributed by atoms with van der Waals surface area (Å²) < 4.78 is 25.8. The number of hydrogen-bond acceptors (Lipinski definition) is 6. The van der Waals surface area contributed by atoms with Crippen molar-refractivity contribution in [2.24, 2.45) is 0 Å². The number of hydrogen-bond donors (Lipinski definition) is 1. The number of nitrogens with one attached hydrogen (secondary N) is 1. The van der Waals surface area contributed by atoms with Gasteiger partial charge in [0.1, 0.15) is 11.6 Å². The Morgan fingerprint density at radius 3 is 2.67 bits per heavy atom. The summed E-state index contributed by atoms with van der Waals surface area (Å²) in [6.07, 6.45) is 2.67. The van der Waals surface area contributed by atoms with Crippen molar-refractivity contribution in [1.82, 2.24) is 9.80 Å². The van der Waals surface area contributed by atoms with Crippen molar-refractivity contribution >= 4 is 11.6 Å². The van der Waals surface area contributed by atoms with Crippen LogP contribution in [0.25, 0.3) is 0 Å². The number of anilines is 1. The molecule has 4 rings (SSSR count). The zero-order valence-electron chi connectivity index (χ0n) is 19.0. The van der Waals surface area contributed by atoms with Gasteiger partial charge in [-0.1, -0.05) is 0 Å². The molecule has 1 fully saturated rings. The lowest BCUT2D eigenvalue weighted by atomic mass is 9.95. The molecule has 2 aliphatic rings. The topological polar surface area (TPSA) is 77.8 Å². The number of carbonyl (C=O) groups excluding carboxylic acids is 1. The van der Waals surface area contributed by atoms with E-state index in [4.69, 9.17) is 9.47 Å². The number of nitriles is 1. The quantitative estimate of drug-likeness (QED) is 0.749. The second kappa shape index (κ2) is 9.51. The Bertz CT molecular complexity index is 1130. The number of nitrogens with zero attached hydrogens (tertiary/aromatic N) is 3. The van der Waals surface area contributed by atoms with Crippen molar-refractivity contribution in [3.05, 3.63) is 70.4 Å². The fraction of sp³-hybridized carbons (Fsp3) is 0.360. The lowest BCUT2D eigenvalue weighted by molar-refractivity contribution is 0.0337. The van der Waals surface area contributed by atoms with Crippen LogP contribution in [-0.2, 0) is 11.2 Å². The normalized spacial score (nSPS) is 16.1. The Morgan fingerprint density at radius 2 is 1.97 bits per heavy atom. The van der Waals surface area contributed by atoms with Crippen LogP contribution in [0.5, 0.6) is 5.75 Å². The summed E-state index contributed by atoms with van der Waals surface area (Å²) in [7, 11) is 3.43. The van der Waals surface area contributed by atoms with Crippen molar-refractivity contribution in [2.45, 2.75) is 19.4 Å². The number of amides is 1. The van der Waals surface area contributed by atoms with E-state index < -0.39 is 5.82 Å². The molecule has 1 unspecified atom stereocenters. The smallest absolute Gasteiger partial charge is 0.253 e. The van der Waals surface area contributed by atoms with E-state index in [1.54, 1.807) is 20.2 Å². The summed E-state index contributed by atoms with van der Waals surface area (Å²) in [5.41, 5.74) is 2.99. The Hall–Kier alpha value is -3.57. The van der Waals surface area contributed by atoms with Crippen LogP contribution >= 0.6 is 0 Å². The molecule has 0 radical (unpaired) electrons. The molecule has 1 saturated heterocycles. The van der Waals surface area contributed by atoms with Gasteiger partial charge in [0, 0.05) is 44.0 Å². The van der Waals surface area contributed by atoms with E-state index in [1.165, 1.54) is 17.0 Å². The fourth-order valence-corrected chi connectivity index (χ4v) is 4.08. The highest BCUT2D eigenvalue weighted by molar-refractivity contribution is 5.94. The molecule has 8 heteroatoms. The van der Waals surface area contributed by atoms with Gasteiger partial charge in [-0.15, -0.1) is 0 Å². The first-order valence-corrected chi connectivity index (χ1v) is 10.9. The molecule has 1 N–H and O–H groups in total. The second-order valence-corrected chi connectivity index (χ2v) is 8.41. The highest BCUT2D eigenvalue weighted by Crippen LogP contribution is 2.38. The zero-order valence-corrected chi connectivity index (χ0v) is 19.0. The van der Waals surface area contributed by atoms with Gasteiger partial charge in [0.15, 0.2) is 5.88 Å². The molecule has 172 valence electrons. The molecular formula is C25H27FN4O3. The van der Waals surface area contributed by atoms with E-state index in [2.05, 4.69) is 10.2 Å². The summed E-state index contributed by atoms with van der Waals surface area (Å²) >= 11 is 0. The van der Waals surface area contributed by atoms with E-state index in [9.17, 15) is 14.4 Å². The Balaban J connectivity index is 1.70. The van der Waals surface area contributed by atoms with Gasteiger partial charge < -0.3 is 24.6 Å². The molecule has 7 nitrogen and oxygen atoms in total. The Labute approximate surface area is 193 Å². The van der Waals surface area contributed by atoms with Crippen LogP contribution in [0.15, 0.2) is 42.3 Å². The number of allylic oxidation sites excluding steroid dienone is 1. The molecule has 0 aromatic heterocycles. The molecule has 2 aromatic carbocycles. The highest BCUT2D eigenvalue weighted by Gasteiger charge is 2.26. The van der Waals surface area contributed by atoms with E-state index >= 15 is 0 Å². The van der Waals surface area contributed by atoms with Gasteiger partial charge >= 0.3 is 0 Å². The molecule has 1 amide bonds. The lowest BCUT2D eigenvalue weighted by Gasteiger charge is -2.34. The first-order chi connectivity index (χ1) is 15.9. The molecule has 2 aliphatic heterocycles. The third-order valence-corrected chi connectivity index (χ3v) is 5.75. The summed E-state index contributed by atoms with van der Waals surface area (Å²) in [5.74, 6) is 0.887. The molecule has 2 aromatic rings. The third-order valence-electron chi connectivity index (χ3n) is 5.75. The Morgan fingerprint density at radius 1 is 1.21 bits per heavy atom. The van der Waals surface area contributed by atoms with E-state index in [0.29, 0.717) is 36.6 Å². The minimum Gasteiger partial charge on any atom is -0.441 e. The summed E-state index contributed by atoms with van der Waals surface area (Å²) in [4.78, 5) is 16.4. The van der Waals surface area contributed by atoms with E-state index in [0.717, 1.165) is 30.1 Å². The maximum atomic E-state index is 14.0. The minimum absolute atomic E-state index is 0.105. The van der Waals surface area contributed by atoms with Gasteiger partial charge in [0.2, 0.25) is 0 Å². The van der Waals surface area contributed by atoms with Crippen LogP contribution in [0.1, 0.15) is 40.0 Å². The number of fused-ring (bicyclic) bond motifs is 1. The molecule has 2 heterocycles. The van der Waals surface area contributed by atoms with E-state index in [1.807, 2.05) is 31.2 Å². The Kier molecular flexibility index (Phi) is 6.52. The number of carbonyl (C=O) groups is 1. The molecular weight excluding hydrogens is 423 g/mol. The average molecular weight is 451 g/mol. The monoisotopic (exact) mass is 450 g/mol. The van der Waals surface area contributed by atoms with Crippen LogP contribution in [0.4, 0.5) is 10.1 Å². The molecule has 33 heavy (non-hydrogen) atoms. The second-order valence-electron chi connectivity index (χ2n) is 8.41. The van der Waals surface area contributed by atoms with Gasteiger partial charge in [0.25, 0.3) is 5.91 Å². The van der Waals surface area contributed by atoms with Crippen molar-refractivity contribution in [3.8, 4) is 11.8 Å². The first kappa shape index (κ1) is 22.6. The number of rotatable bonds is 5. The minimum atomic E-state index is -0.490. The SMILES string of the molecule is CC(Nc1cc(F)cc(C#N)c1)c1cc(C(=O)N(C)C)cc2c1OC(N1CCOCC1)=CC2. The van der Waals surface area contributed by atoms with Gasteiger partial charge in [-0.3, -0.25) is 4.79 Å². The molecule has 0 saturated carbocycles. The molecule has 0 aliphatic carbocycles. The zero-order chi connectivity index (χ0) is 23.5. The van der Waals surface area contributed by atoms with E-state index in [-0.39, 0.29) is 17.5 Å². The van der Waals surface area contributed by atoms with Gasteiger partial charge in [0.05, 0.1) is 30.9 Å². The maximum absolute atomic E-state index is 14.0. The summed E-state index contributed by atoms with van der Waals surface area (Å²) in [6, 6.07) is 9.49. The van der Waals surface area contributed by atoms with Crippen LogP contribution in [0.3, 0.4) is 0 Å². The standard InChI is InChI=1S/C25H27FN4O3/c1-16(28-21-11-17(15-27)10-20(26)14-21)22-13-19(25(31)29(2)3)12-18-4-5-23(33-24(18)22)30-6-8-32-9-7-30/h5,10-14,16,28H,4,6-9H2,1-3H3. The number of halogens is 1. The molecule has 1 atom stereocenters. The maximum Gasteiger partial charge on any atom is 0.253 e. The average Bonchev–Trinajstić information content (AvgIpc) is 2.82. The predicted octanol–water partition coefficient (Wildman–Crippen LogP) is 3.68. The van der Waals surface area contributed by atoms with Crippen LogP contribution in [0, 0.1) is 17.1 Å². The summed E-state index contributed by atoms with van der Waals surface area (Å²) in [5, 5.41) is 12.4. The van der Waals surface area contributed by atoms with Crippen molar-refractivity contribution in [1.29, 1.82) is 5.26 Å². The first-order valence-electron chi connectivity index (χ1n) is 10.9. The van der Waals surface area contributed by atoms with Crippen LogP contribution in [-0.4, -0.2) is 56.1 Å². The van der Waals surface area contributed by atoms with Crippen molar-refractivity contribution in [2.75, 3.05) is 45.7 Å². The largest absolute Gasteiger partial charge is 0.441 e. The summed E-state index contributed by atoms with van der Waals surface area (Å²) in [6.45, 7) is 4.72. The van der Waals surface area contributed by atoms with Crippen molar-refractivity contribution < 1.29 is 18.7 Å². The van der Waals surface area contributed by atoms with Crippen LogP contribution < -0.4 is 10.1 Å². The van der Waals surface area contributed by atoms with Gasteiger partial charge in [-0.2, -0.15) is 5.26 Å². The molecule has 0 bridgehead atoms. The number of ether oxygens (including phenoxy) is 2. The van der Waals surface area contributed by atoms with Gasteiger partial charge in [-0.25, -0.2) is 4.39 Å². The highest BCUT2D eigenvalue weighted by atomic mass is 19.1. The van der Waals surface area contributed by atoms with Crippen molar-refractivity contribution in [3.63, 3.8) is 0 Å². The lowest BCUT2D eigenvalue weighted by Crippen LogP contribution is -2.38. The predicted molar refractivity (Wildman–Crippen MR) is 122 cm³/mol. The van der Waals surface area contributed by atoms with Gasteiger partial charge in [-0.05, 0) is 55.3 Å². The third kappa shape index (κ3) is 4.94. The van der Waals surface area contributed by atoms with Crippen LogP contribution in [0.2, 0.25) is 0 Å². The fourth-order valence-electron chi connectivity index (χ4n) is 4.08. The number of morpholine rings is 1. The number of benzene rings is 2. The molecule has 0 spiro atoms.